The highest BCUT2D eigenvalue weighted by Gasteiger charge is 2.62. The minimum atomic E-state index is -5.52. The molecule has 1 N–H and O–H groups in total. The third-order valence-corrected chi connectivity index (χ3v) is 8.13. The van der Waals surface area contributed by atoms with E-state index in [0.717, 1.165) is 43.3 Å². The van der Waals surface area contributed by atoms with Crippen LogP contribution in [0.3, 0.4) is 0 Å². The quantitative estimate of drug-likeness (QED) is 0.259. The molecule has 13 heteroatoms. The first kappa shape index (κ1) is 30.1. The summed E-state index contributed by atoms with van der Waals surface area (Å²) >= 11 is 6.03. The lowest BCUT2D eigenvalue weighted by Gasteiger charge is -2.40. The maximum Gasteiger partial charge on any atom is 0.430 e. The number of carbonyl (C=O) groups is 2. The second-order valence-electron chi connectivity index (χ2n) is 10.4. The van der Waals surface area contributed by atoms with Crippen LogP contribution in [0.2, 0.25) is 5.15 Å². The van der Waals surface area contributed by atoms with Gasteiger partial charge in [0.25, 0.3) is 11.5 Å². The van der Waals surface area contributed by atoms with Gasteiger partial charge in [0.15, 0.2) is 6.29 Å². The fourth-order valence-electron chi connectivity index (χ4n) is 5.50. The summed E-state index contributed by atoms with van der Waals surface area (Å²) in [5.74, 6) is -0.463. The first-order valence-corrected chi connectivity index (χ1v) is 13.2. The number of nitrogens with zero attached hydrogens (tertiary/aromatic N) is 3. The number of carbonyl (C=O) groups excluding carboxylic acids is 2. The monoisotopic (exact) mass is 591 g/mol. The van der Waals surface area contributed by atoms with Crippen LogP contribution >= 0.6 is 11.6 Å². The summed E-state index contributed by atoms with van der Waals surface area (Å²) in [5, 5.41) is 10.7. The van der Waals surface area contributed by atoms with E-state index in [0.29, 0.717) is 48.6 Å². The highest BCUT2D eigenvalue weighted by Crippen LogP contribution is 2.43. The lowest BCUT2D eigenvalue weighted by atomic mass is 9.82. The van der Waals surface area contributed by atoms with Crippen molar-refractivity contribution in [1.82, 2.24) is 9.88 Å². The number of halogens is 7. The molecule has 2 fully saturated rings. The minimum Gasteiger partial charge on any atom is -0.369 e. The van der Waals surface area contributed by atoms with Gasteiger partial charge >= 0.3 is 12.4 Å². The van der Waals surface area contributed by atoms with Gasteiger partial charge in [0, 0.05) is 31.7 Å². The molecule has 2 aliphatic rings. The van der Waals surface area contributed by atoms with Crippen LogP contribution in [0.15, 0.2) is 36.4 Å². The van der Waals surface area contributed by atoms with Crippen LogP contribution in [0, 0.1) is 11.8 Å². The van der Waals surface area contributed by atoms with Gasteiger partial charge in [-0.15, -0.1) is 0 Å². The van der Waals surface area contributed by atoms with Gasteiger partial charge in [-0.05, 0) is 68.2 Å². The van der Waals surface area contributed by atoms with Gasteiger partial charge in [-0.2, -0.15) is 26.3 Å². The van der Waals surface area contributed by atoms with Crippen LogP contribution in [0.5, 0.6) is 0 Å². The minimum absolute atomic E-state index is 0.0365. The fourth-order valence-corrected chi connectivity index (χ4v) is 5.69. The Bertz CT molecular complexity index is 1220. The summed E-state index contributed by atoms with van der Waals surface area (Å²) in [7, 11) is 0. The molecule has 0 bridgehead atoms. The maximum absolute atomic E-state index is 14.0. The molecular formula is C27H28ClF6N3O3. The van der Waals surface area contributed by atoms with Crippen molar-refractivity contribution in [2.75, 3.05) is 31.1 Å². The average molecular weight is 592 g/mol. The molecule has 1 amide bonds. The summed E-state index contributed by atoms with van der Waals surface area (Å²) in [4.78, 5) is 31.2. The topological polar surface area (TPSA) is 73.7 Å². The summed E-state index contributed by atoms with van der Waals surface area (Å²) in [5.41, 5.74) is -6.32. The number of hydrogen-bond acceptors (Lipinski definition) is 5. The first-order valence-electron chi connectivity index (χ1n) is 12.9. The van der Waals surface area contributed by atoms with Crippen molar-refractivity contribution >= 4 is 29.6 Å². The largest absolute Gasteiger partial charge is 0.430 e. The van der Waals surface area contributed by atoms with Crippen molar-refractivity contribution in [2.45, 2.75) is 50.1 Å². The number of aromatic nitrogens is 1. The molecule has 1 aromatic heterocycles. The van der Waals surface area contributed by atoms with Gasteiger partial charge in [-0.25, -0.2) is 4.98 Å². The van der Waals surface area contributed by atoms with E-state index in [1.165, 1.54) is 0 Å². The Hall–Kier alpha value is -2.86. The van der Waals surface area contributed by atoms with Crippen LogP contribution < -0.4 is 4.90 Å². The molecule has 2 aliphatic heterocycles. The zero-order valence-electron chi connectivity index (χ0n) is 21.3. The lowest BCUT2D eigenvalue weighted by molar-refractivity contribution is -0.262. The number of aliphatic hydroxyl groups is 1. The highest BCUT2D eigenvalue weighted by atomic mass is 35.5. The molecule has 40 heavy (non-hydrogen) atoms. The Morgan fingerprint density at radius 1 is 0.950 bits per heavy atom. The molecule has 4 rings (SSSR count). The zero-order chi connectivity index (χ0) is 29.3. The summed E-state index contributed by atoms with van der Waals surface area (Å²) in [6, 6.07) is 5.53. The molecule has 1 aromatic carbocycles. The number of rotatable bonds is 6. The van der Waals surface area contributed by atoms with E-state index in [-0.39, 0.29) is 30.2 Å². The summed E-state index contributed by atoms with van der Waals surface area (Å²) < 4.78 is 81.4. The number of piperidine rings is 2. The van der Waals surface area contributed by atoms with Gasteiger partial charge in [0.1, 0.15) is 11.0 Å². The summed E-state index contributed by atoms with van der Waals surface area (Å²) in [6.07, 6.45) is -6.44. The third kappa shape index (κ3) is 6.22. The Morgan fingerprint density at radius 2 is 1.52 bits per heavy atom. The molecule has 2 saturated heterocycles. The van der Waals surface area contributed by atoms with Crippen molar-refractivity contribution in [1.29, 1.82) is 0 Å². The van der Waals surface area contributed by atoms with Crippen LogP contribution in [0.25, 0.3) is 0 Å². The molecule has 0 saturated carbocycles. The van der Waals surface area contributed by atoms with Crippen molar-refractivity contribution in [2.24, 2.45) is 11.8 Å². The van der Waals surface area contributed by atoms with E-state index < -0.39 is 35.0 Å². The smallest absolute Gasteiger partial charge is 0.369 e. The van der Waals surface area contributed by atoms with E-state index in [2.05, 4.69) is 9.88 Å². The molecule has 2 aromatic rings. The van der Waals surface area contributed by atoms with Crippen molar-refractivity contribution in [3.8, 4) is 0 Å². The number of benzene rings is 1. The predicted octanol–water partition coefficient (Wildman–Crippen LogP) is 5.86. The maximum atomic E-state index is 14.0. The number of hydrogen-bond donors (Lipinski definition) is 1. The molecule has 0 spiro atoms. The van der Waals surface area contributed by atoms with E-state index in [9.17, 15) is 41.0 Å². The molecular weight excluding hydrogens is 564 g/mol. The van der Waals surface area contributed by atoms with Crippen LogP contribution in [-0.4, -0.2) is 59.5 Å². The molecule has 3 heterocycles. The fraction of sp³-hybridized carbons (Fsp3) is 0.519. The number of amides is 1. The van der Waals surface area contributed by atoms with Crippen LogP contribution in [0.4, 0.5) is 32.2 Å². The second kappa shape index (κ2) is 11.6. The van der Waals surface area contributed by atoms with E-state index >= 15 is 0 Å². The molecule has 1 atom stereocenters. The third-order valence-electron chi connectivity index (χ3n) is 7.82. The Labute approximate surface area is 231 Å². The zero-order valence-corrected chi connectivity index (χ0v) is 22.1. The van der Waals surface area contributed by atoms with Crippen molar-refractivity contribution in [3.63, 3.8) is 0 Å². The number of anilines is 1. The predicted molar refractivity (Wildman–Crippen MR) is 135 cm³/mol. The van der Waals surface area contributed by atoms with Gasteiger partial charge in [0.05, 0.1) is 11.1 Å². The molecule has 0 radical (unpaired) electrons. The highest BCUT2D eigenvalue weighted by molar-refractivity contribution is 6.31. The van der Waals surface area contributed by atoms with Gasteiger partial charge in [-0.1, -0.05) is 23.7 Å². The number of likely N-dealkylation sites (tertiary alicyclic amines) is 1. The normalized spacial score (nSPS) is 19.4. The summed E-state index contributed by atoms with van der Waals surface area (Å²) in [6.45, 7) is 1.37. The van der Waals surface area contributed by atoms with Crippen molar-refractivity contribution < 1.29 is 41.0 Å². The van der Waals surface area contributed by atoms with Gasteiger partial charge in [0.2, 0.25) is 0 Å². The van der Waals surface area contributed by atoms with E-state index in [1.807, 2.05) is 0 Å². The van der Waals surface area contributed by atoms with E-state index in [4.69, 9.17) is 11.6 Å². The average Bonchev–Trinajstić information content (AvgIpc) is 2.92. The van der Waals surface area contributed by atoms with Crippen LogP contribution in [0.1, 0.15) is 53.6 Å². The van der Waals surface area contributed by atoms with Gasteiger partial charge in [-0.3, -0.25) is 9.59 Å². The Morgan fingerprint density at radius 3 is 2.05 bits per heavy atom. The molecule has 0 aliphatic carbocycles. The van der Waals surface area contributed by atoms with Crippen LogP contribution in [-0.2, 0) is 16.6 Å². The number of alkyl halides is 6. The van der Waals surface area contributed by atoms with Crippen molar-refractivity contribution in [3.05, 3.63) is 58.2 Å². The number of pyridine rings is 1. The van der Waals surface area contributed by atoms with Gasteiger partial charge < -0.3 is 14.9 Å². The Balaban J connectivity index is 1.35. The molecule has 6 nitrogen and oxygen atoms in total. The molecule has 218 valence electrons. The lowest BCUT2D eigenvalue weighted by Crippen LogP contribution is -2.57. The first-order chi connectivity index (χ1) is 18.7. The standard InChI is InChI=1S/C27H28ClF6N3O3/c28-23-19(16-38)4-5-22(35-23)36-10-6-17(7-11-36)14-18-8-12-37(13-9-18)24(39)25(40,27(32,33)34)20-2-1-3-21(15-20)26(29,30)31/h1-5,15-18,40H,6-14H2. The second-order valence-corrected chi connectivity index (χ2v) is 10.7. The SMILES string of the molecule is O=Cc1ccc(N2CCC(CC3CCN(C(=O)C(O)(c4cccc(C(F)(F)F)c4)C(F)(F)F)CC3)CC2)nc1Cl. The number of aldehydes is 1. The van der Waals surface area contributed by atoms with E-state index in [1.54, 1.807) is 12.1 Å². The molecule has 1 unspecified atom stereocenters. The Kier molecular flexibility index (Phi) is 8.70.